The Morgan fingerprint density at radius 1 is 1.04 bits per heavy atom. The number of ether oxygens (including phenoxy) is 1. The van der Waals surface area contributed by atoms with Crippen LogP contribution in [0.3, 0.4) is 0 Å². The number of hydrogen-bond acceptors (Lipinski definition) is 3. The molecule has 0 radical (unpaired) electrons. The lowest BCUT2D eigenvalue weighted by atomic mass is 10.0. The SMILES string of the molecule is C=C(C)C(=O)OCCCCCCCCCCCCc1cccnc1Br. The largest absolute Gasteiger partial charge is 0.462 e. The molecule has 0 N–H and O–H groups in total. The maximum Gasteiger partial charge on any atom is 0.333 e. The van der Waals surface area contributed by atoms with Crippen molar-refractivity contribution in [3.05, 3.63) is 40.6 Å². The predicted molar refractivity (Wildman–Crippen MR) is 108 cm³/mol. The number of unbranched alkanes of at least 4 members (excludes halogenated alkanes) is 9. The summed E-state index contributed by atoms with van der Waals surface area (Å²) in [6, 6.07) is 4.15. The van der Waals surface area contributed by atoms with Gasteiger partial charge in [-0.15, -0.1) is 0 Å². The van der Waals surface area contributed by atoms with Gasteiger partial charge in [-0.3, -0.25) is 0 Å². The number of pyridine rings is 1. The summed E-state index contributed by atoms with van der Waals surface area (Å²) < 4.78 is 6.07. The van der Waals surface area contributed by atoms with Gasteiger partial charge in [-0.2, -0.15) is 0 Å². The zero-order valence-electron chi connectivity index (χ0n) is 15.6. The van der Waals surface area contributed by atoms with Crippen LogP contribution in [0.15, 0.2) is 35.1 Å². The van der Waals surface area contributed by atoms with Gasteiger partial charge in [0.1, 0.15) is 4.60 Å². The smallest absolute Gasteiger partial charge is 0.333 e. The molecule has 0 saturated carbocycles. The van der Waals surface area contributed by atoms with Gasteiger partial charge in [-0.05, 0) is 53.7 Å². The number of rotatable bonds is 14. The number of carbonyl (C=O) groups is 1. The van der Waals surface area contributed by atoms with Crippen LogP contribution in [0.4, 0.5) is 0 Å². The third kappa shape index (κ3) is 11.1. The first-order valence-corrected chi connectivity index (χ1v) is 10.3. The van der Waals surface area contributed by atoms with E-state index in [1.807, 2.05) is 12.3 Å². The fraction of sp³-hybridized carbons (Fsp3) is 0.619. The summed E-state index contributed by atoms with van der Waals surface area (Å²) in [5.74, 6) is -0.268. The Kier molecular flexibility index (Phi) is 12.3. The van der Waals surface area contributed by atoms with E-state index in [4.69, 9.17) is 4.74 Å². The van der Waals surface area contributed by atoms with Crippen molar-refractivity contribution in [1.29, 1.82) is 0 Å². The number of aryl methyl sites for hydroxylation is 1. The molecule has 1 aromatic heterocycles. The molecule has 1 aromatic rings. The van der Waals surface area contributed by atoms with Crippen molar-refractivity contribution in [3.63, 3.8) is 0 Å². The van der Waals surface area contributed by atoms with Gasteiger partial charge in [0, 0.05) is 11.8 Å². The van der Waals surface area contributed by atoms with Crippen LogP contribution >= 0.6 is 15.9 Å². The third-order valence-electron chi connectivity index (χ3n) is 4.26. The van der Waals surface area contributed by atoms with Crippen LogP contribution in [-0.2, 0) is 16.0 Å². The summed E-state index contributed by atoms with van der Waals surface area (Å²) in [7, 11) is 0. The fourth-order valence-electron chi connectivity index (χ4n) is 2.73. The van der Waals surface area contributed by atoms with Gasteiger partial charge in [-0.1, -0.05) is 64.0 Å². The zero-order chi connectivity index (χ0) is 18.3. The number of hydrogen-bond donors (Lipinski definition) is 0. The molecule has 4 heteroatoms. The Balaban J connectivity index is 1.82. The molecule has 0 aliphatic carbocycles. The van der Waals surface area contributed by atoms with E-state index in [9.17, 15) is 4.79 Å². The molecule has 0 bridgehead atoms. The first kappa shape index (κ1) is 21.9. The van der Waals surface area contributed by atoms with E-state index in [0.29, 0.717) is 12.2 Å². The second-order valence-electron chi connectivity index (χ2n) is 6.66. The minimum atomic E-state index is -0.268. The molecule has 0 aliphatic heterocycles. The highest BCUT2D eigenvalue weighted by atomic mass is 79.9. The molecule has 0 amide bonds. The second-order valence-corrected chi connectivity index (χ2v) is 7.41. The van der Waals surface area contributed by atoms with Crippen molar-refractivity contribution in [2.75, 3.05) is 6.61 Å². The topological polar surface area (TPSA) is 39.2 Å². The van der Waals surface area contributed by atoms with Crippen LogP contribution in [0.5, 0.6) is 0 Å². The Labute approximate surface area is 161 Å². The van der Waals surface area contributed by atoms with Crippen LogP contribution < -0.4 is 0 Å². The molecule has 0 atom stereocenters. The van der Waals surface area contributed by atoms with Gasteiger partial charge >= 0.3 is 5.97 Å². The van der Waals surface area contributed by atoms with Crippen LogP contribution in [0, 0.1) is 0 Å². The molecule has 0 aromatic carbocycles. The number of carbonyl (C=O) groups excluding carboxylic acids is 1. The fourth-order valence-corrected chi connectivity index (χ4v) is 3.17. The maximum atomic E-state index is 11.2. The summed E-state index contributed by atoms with van der Waals surface area (Å²) in [6.07, 6.45) is 15.4. The quantitative estimate of drug-likeness (QED) is 0.154. The van der Waals surface area contributed by atoms with E-state index in [0.717, 1.165) is 23.9 Å². The minimum Gasteiger partial charge on any atom is -0.462 e. The summed E-state index contributed by atoms with van der Waals surface area (Å²) in [5, 5.41) is 0. The number of halogens is 1. The first-order valence-electron chi connectivity index (χ1n) is 9.53. The van der Waals surface area contributed by atoms with Crippen molar-refractivity contribution in [3.8, 4) is 0 Å². The number of esters is 1. The van der Waals surface area contributed by atoms with Crippen molar-refractivity contribution in [1.82, 2.24) is 4.98 Å². The molecular weight excluding hydrogens is 378 g/mol. The van der Waals surface area contributed by atoms with Crippen LogP contribution in [-0.4, -0.2) is 17.6 Å². The zero-order valence-corrected chi connectivity index (χ0v) is 17.2. The standard InChI is InChI=1S/C21H32BrNO2/c1-18(2)21(24)25-17-12-10-8-6-4-3-5-7-9-11-14-19-15-13-16-23-20(19)22/h13,15-16H,1,3-12,14,17H2,2H3. The third-order valence-corrected chi connectivity index (χ3v) is 4.97. The Morgan fingerprint density at radius 2 is 1.60 bits per heavy atom. The van der Waals surface area contributed by atoms with E-state index in [1.54, 1.807) is 6.92 Å². The lowest BCUT2D eigenvalue weighted by molar-refractivity contribution is -0.139. The van der Waals surface area contributed by atoms with E-state index < -0.39 is 0 Å². The Bertz CT molecular complexity index is 516. The van der Waals surface area contributed by atoms with Crippen molar-refractivity contribution in [2.24, 2.45) is 0 Å². The van der Waals surface area contributed by atoms with Gasteiger partial charge in [0.2, 0.25) is 0 Å². The monoisotopic (exact) mass is 409 g/mol. The minimum absolute atomic E-state index is 0.268. The Morgan fingerprint density at radius 3 is 2.16 bits per heavy atom. The van der Waals surface area contributed by atoms with Crippen LogP contribution in [0.25, 0.3) is 0 Å². The summed E-state index contributed by atoms with van der Waals surface area (Å²) in [4.78, 5) is 15.5. The molecule has 0 aliphatic rings. The van der Waals surface area contributed by atoms with E-state index in [-0.39, 0.29) is 5.97 Å². The highest BCUT2D eigenvalue weighted by Crippen LogP contribution is 2.17. The molecule has 0 unspecified atom stereocenters. The van der Waals surface area contributed by atoms with Gasteiger partial charge < -0.3 is 4.74 Å². The van der Waals surface area contributed by atoms with E-state index in [2.05, 4.69) is 33.6 Å². The molecule has 0 saturated heterocycles. The molecule has 3 nitrogen and oxygen atoms in total. The molecule has 1 rings (SSSR count). The predicted octanol–water partition coefficient (Wildman–Crippen LogP) is 6.41. The van der Waals surface area contributed by atoms with Crippen molar-refractivity contribution >= 4 is 21.9 Å². The molecule has 25 heavy (non-hydrogen) atoms. The molecular formula is C21H32BrNO2. The number of aromatic nitrogens is 1. The average Bonchev–Trinajstić information content (AvgIpc) is 2.60. The van der Waals surface area contributed by atoms with Crippen LogP contribution in [0.1, 0.15) is 76.7 Å². The average molecular weight is 410 g/mol. The lowest BCUT2D eigenvalue weighted by Gasteiger charge is -2.05. The van der Waals surface area contributed by atoms with Crippen molar-refractivity contribution in [2.45, 2.75) is 77.6 Å². The van der Waals surface area contributed by atoms with Crippen LogP contribution in [0.2, 0.25) is 0 Å². The first-order chi connectivity index (χ1) is 12.1. The van der Waals surface area contributed by atoms with Gasteiger partial charge in [0.25, 0.3) is 0 Å². The molecule has 1 heterocycles. The van der Waals surface area contributed by atoms with Gasteiger partial charge in [0.05, 0.1) is 6.61 Å². The highest BCUT2D eigenvalue weighted by Gasteiger charge is 2.02. The number of nitrogens with zero attached hydrogens (tertiary/aromatic N) is 1. The molecule has 140 valence electrons. The highest BCUT2D eigenvalue weighted by molar-refractivity contribution is 9.10. The van der Waals surface area contributed by atoms with Crippen molar-refractivity contribution < 1.29 is 9.53 Å². The lowest BCUT2D eigenvalue weighted by Crippen LogP contribution is -2.05. The van der Waals surface area contributed by atoms with E-state index in [1.165, 1.54) is 56.9 Å². The molecule has 0 spiro atoms. The van der Waals surface area contributed by atoms with Gasteiger partial charge in [-0.25, -0.2) is 9.78 Å². The Hall–Kier alpha value is -1.16. The summed E-state index contributed by atoms with van der Waals surface area (Å²) in [5.41, 5.74) is 1.80. The summed E-state index contributed by atoms with van der Waals surface area (Å²) in [6.45, 7) is 5.78. The molecule has 0 fully saturated rings. The summed E-state index contributed by atoms with van der Waals surface area (Å²) >= 11 is 3.50. The maximum absolute atomic E-state index is 11.2. The van der Waals surface area contributed by atoms with Gasteiger partial charge in [0.15, 0.2) is 0 Å². The second kappa shape index (κ2) is 14.1. The normalized spacial score (nSPS) is 10.6. The van der Waals surface area contributed by atoms with E-state index >= 15 is 0 Å².